The molecule has 0 aliphatic rings. The van der Waals surface area contributed by atoms with Crippen LogP contribution in [0, 0.1) is 0 Å². The van der Waals surface area contributed by atoms with Gasteiger partial charge >= 0.3 is 0 Å². The minimum atomic E-state index is -0.611. The zero-order chi connectivity index (χ0) is 4.50. The van der Waals surface area contributed by atoms with E-state index in [-0.39, 0.29) is 6.15 Å². The standard InChI is InChI=1S/C4H12Si.H3N/c1-5(2,3)4;/h1-4H3;1H3. The summed E-state index contributed by atoms with van der Waals surface area (Å²) in [7, 11) is -0.611. The van der Waals surface area contributed by atoms with Crippen LogP contribution in [0.3, 0.4) is 0 Å². The molecule has 2 heteroatoms. The zero-order valence-electron chi connectivity index (χ0n) is 5.21. The van der Waals surface area contributed by atoms with Gasteiger partial charge in [0, 0.05) is 8.07 Å². The van der Waals surface area contributed by atoms with Gasteiger partial charge in [0.15, 0.2) is 0 Å². The summed E-state index contributed by atoms with van der Waals surface area (Å²) < 4.78 is 0. The zero-order valence-corrected chi connectivity index (χ0v) is 6.21. The minimum absolute atomic E-state index is 0. The highest BCUT2D eigenvalue weighted by Gasteiger charge is 1.99. The highest BCUT2D eigenvalue weighted by Crippen LogP contribution is 1.94. The van der Waals surface area contributed by atoms with Crippen molar-refractivity contribution < 1.29 is 0 Å². The average molecular weight is 105 g/mol. The molecule has 0 fully saturated rings. The van der Waals surface area contributed by atoms with E-state index in [0.29, 0.717) is 0 Å². The lowest BCUT2D eigenvalue weighted by atomic mass is 11.8. The van der Waals surface area contributed by atoms with Crippen LogP contribution >= 0.6 is 0 Å². The summed E-state index contributed by atoms with van der Waals surface area (Å²) >= 11 is 0. The van der Waals surface area contributed by atoms with Crippen LogP contribution < -0.4 is 6.15 Å². The van der Waals surface area contributed by atoms with Crippen molar-refractivity contribution in [2.45, 2.75) is 26.2 Å². The van der Waals surface area contributed by atoms with Crippen LogP contribution in [-0.2, 0) is 0 Å². The van der Waals surface area contributed by atoms with Gasteiger partial charge in [-0.05, 0) is 0 Å². The molecule has 0 heterocycles. The van der Waals surface area contributed by atoms with E-state index < -0.39 is 8.07 Å². The third-order valence-corrected chi connectivity index (χ3v) is 0. The van der Waals surface area contributed by atoms with Crippen LogP contribution in [0.2, 0.25) is 26.2 Å². The second-order valence-electron chi connectivity index (χ2n) is 3.00. The summed E-state index contributed by atoms with van der Waals surface area (Å²) in [6, 6.07) is 0. The van der Waals surface area contributed by atoms with E-state index in [4.69, 9.17) is 0 Å². The molecule has 0 unspecified atom stereocenters. The third-order valence-electron chi connectivity index (χ3n) is 0. The molecule has 0 aromatic heterocycles. The Bertz CT molecular complexity index is 23.0. The predicted molar refractivity (Wildman–Crippen MR) is 34.2 cm³/mol. The maximum atomic E-state index is 2.33. The molecule has 3 N–H and O–H groups in total. The number of hydrogen-bond acceptors (Lipinski definition) is 1. The van der Waals surface area contributed by atoms with E-state index in [0.717, 1.165) is 0 Å². The van der Waals surface area contributed by atoms with E-state index in [1.54, 1.807) is 0 Å². The van der Waals surface area contributed by atoms with Crippen molar-refractivity contribution in [1.82, 2.24) is 6.15 Å². The lowest BCUT2D eigenvalue weighted by Crippen LogP contribution is -2.10. The summed E-state index contributed by atoms with van der Waals surface area (Å²) in [6.45, 7) is 9.31. The van der Waals surface area contributed by atoms with Crippen molar-refractivity contribution in [3.05, 3.63) is 0 Å². The quantitative estimate of drug-likeness (QED) is 0.470. The first kappa shape index (κ1) is 9.49. The van der Waals surface area contributed by atoms with Gasteiger partial charge in [0.25, 0.3) is 0 Å². The molecule has 0 rings (SSSR count). The second kappa shape index (κ2) is 2.37. The first-order valence-electron chi connectivity index (χ1n) is 2.00. The summed E-state index contributed by atoms with van der Waals surface area (Å²) in [5.74, 6) is 0. The van der Waals surface area contributed by atoms with Gasteiger partial charge in [0.05, 0.1) is 0 Å². The Kier molecular flexibility index (Phi) is 3.74. The highest BCUT2D eigenvalue weighted by atomic mass is 28.3. The molecule has 0 atom stereocenters. The van der Waals surface area contributed by atoms with Crippen molar-refractivity contribution in [2.75, 3.05) is 0 Å². The van der Waals surface area contributed by atoms with Crippen molar-refractivity contribution in [3.8, 4) is 0 Å². The van der Waals surface area contributed by atoms with Crippen LogP contribution in [0.15, 0.2) is 0 Å². The fourth-order valence-corrected chi connectivity index (χ4v) is 0. The molecule has 1 nitrogen and oxygen atoms in total. The summed E-state index contributed by atoms with van der Waals surface area (Å²) in [5, 5.41) is 0. The van der Waals surface area contributed by atoms with Gasteiger partial charge in [-0.2, -0.15) is 0 Å². The SMILES string of the molecule is C[Si](C)(C)C.N. The van der Waals surface area contributed by atoms with Crippen LogP contribution in [0.4, 0.5) is 0 Å². The smallest absolute Gasteiger partial charge is 0.0411 e. The molecular weight excluding hydrogens is 90.1 g/mol. The first-order chi connectivity index (χ1) is 2.00. The second-order valence-corrected chi connectivity index (χ2v) is 9.00. The van der Waals surface area contributed by atoms with E-state index >= 15 is 0 Å². The van der Waals surface area contributed by atoms with Crippen molar-refractivity contribution in [2.24, 2.45) is 0 Å². The molecule has 0 bridgehead atoms. The molecule has 0 saturated heterocycles. The molecule has 0 aromatic rings. The largest absolute Gasteiger partial charge is 0.344 e. The van der Waals surface area contributed by atoms with Crippen LogP contribution in [-0.4, -0.2) is 8.07 Å². The Hall–Kier alpha value is 0.177. The summed E-state index contributed by atoms with van der Waals surface area (Å²) in [4.78, 5) is 0. The first-order valence-corrected chi connectivity index (χ1v) is 6.00. The summed E-state index contributed by atoms with van der Waals surface area (Å²) in [5.41, 5.74) is 0. The van der Waals surface area contributed by atoms with Gasteiger partial charge in [-0.15, -0.1) is 0 Å². The molecule has 0 spiro atoms. The molecule has 40 valence electrons. The van der Waals surface area contributed by atoms with E-state index in [2.05, 4.69) is 26.2 Å². The summed E-state index contributed by atoms with van der Waals surface area (Å²) in [6.07, 6.45) is 0. The highest BCUT2D eigenvalue weighted by molar-refractivity contribution is 6.74. The molecule has 0 aliphatic carbocycles. The van der Waals surface area contributed by atoms with E-state index in [1.165, 1.54) is 0 Å². The van der Waals surface area contributed by atoms with Crippen molar-refractivity contribution in [1.29, 1.82) is 0 Å². The molecule has 6 heavy (non-hydrogen) atoms. The Morgan fingerprint density at radius 3 is 0.833 bits per heavy atom. The van der Waals surface area contributed by atoms with Gasteiger partial charge in [0.1, 0.15) is 0 Å². The molecule has 0 aromatic carbocycles. The Labute approximate surface area is 41.4 Å². The van der Waals surface area contributed by atoms with E-state index in [9.17, 15) is 0 Å². The predicted octanol–water partition coefficient (Wildman–Crippen LogP) is 2.12. The van der Waals surface area contributed by atoms with Crippen LogP contribution in [0.1, 0.15) is 0 Å². The maximum absolute atomic E-state index is 2.33. The van der Waals surface area contributed by atoms with Crippen LogP contribution in [0.25, 0.3) is 0 Å². The van der Waals surface area contributed by atoms with Gasteiger partial charge in [0.2, 0.25) is 0 Å². The fourth-order valence-electron chi connectivity index (χ4n) is 0. The van der Waals surface area contributed by atoms with E-state index in [1.807, 2.05) is 0 Å². The third kappa shape index (κ3) is 1350. The number of rotatable bonds is 0. The Morgan fingerprint density at radius 2 is 0.833 bits per heavy atom. The molecular formula is C4H15NSi. The van der Waals surface area contributed by atoms with Gasteiger partial charge in [-0.1, -0.05) is 26.2 Å². The monoisotopic (exact) mass is 105 g/mol. The number of hydrogen-bond donors (Lipinski definition) is 1. The Morgan fingerprint density at radius 1 is 0.833 bits per heavy atom. The van der Waals surface area contributed by atoms with Gasteiger partial charge in [-0.25, -0.2) is 0 Å². The molecule has 0 radical (unpaired) electrons. The lowest BCUT2D eigenvalue weighted by Gasteiger charge is -2.01. The molecule has 0 amide bonds. The van der Waals surface area contributed by atoms with Crippen molar-refractivity contribution in [3.63, 3.8) is 0 Å². The lowest BCUT2D eigenvalue weighted by molar-refractivity contribution is 1.71. The maximum Gasteiger partial charge on any atom is 0.0411 e. The van der Waals surface area contributed by atoms with Gasteiger partial charge in [-0.3, -0.25) is 0 Å². The van der Waals surface area contributed by atoms with Crippen LogP contribution in [0.5, 0.6) is 0 Å². The fraction of sp³-hybridized carbons (Fsp3) is 1.00. The Balaban J connectivity index is 0. The average Bonchev–Trinajstić information content (AvgIpc) is 0.722. The van der Waals surface area contributed by atoms with Crippen molar-refractivity contribution >= 4 is 8.07 Å². The normalized spacial score (nSPS) is 10.0. The topological polar surface area (TPSA) is 35.0 Å². The minimum Gasteiger partial charge on any atom is -0.344 e. The molecule has 0 saturated carbocycles. The molecule has 0 aliphatic heterocycles. The van der Waals surface area contributed by atoms with Gasteiger partial charge < -0.3 is 6.15 Å².